The van der Waals surface area contributed by atoms with E-state index in [1.54, 1.807) is 0 Å². The first-order valence-electron chi connectivity index (χ1n) is 7.83. The molecule has 0 spiro atoms. The van der Waals surface area contributed by atoms with Crippen molar-refractivity contribution in [2.24, 2.45) is 4.99 Å². The molecule has 0 bridgehead atoms. The topological polar surface area (TPSA) is 15.6 Å². The van der Waals surface area contributed by atoms with E-state index in [9.17, 15) is 0 Å². The molecule has 2 aromatic carbocycles. The molecule has 4 heteroatoms. The first kappa shape index (κ1) is 16.8. The van der Waals surface area contributed by atoms with Gasteiger partial charge in [0.2, 0.25) is 0 Å². The van der Waals surface area contributed by atoms with Crippen LogP contribution < -0.4 is 4.90 Å². The van der Waals surface area contributed by atoms with Crippen LogP contribution in [0.15, 0.2) is 35.3 Å². The highest BCUT2D eigenvalue weighted by Crippen LogP contribution is 2.43. The van der Waals surface area contributed by atoms with Crippen LogP contribution in [0.5, 0.6) is 0 Å². The van der Waals surface area contributed by atoms with Crippen molar-refractivity contribution >= 4 is 50.2 Å². The lowest BCUT2D eigenvalue weighted by molar-refractivity contribution is 1.12. The Kier molecular flexibility index (Phi) is 4.55. The van der Waals surface area contributed by atoms with Crippen LogP contribution in [-0.4, -0.2) is 19.3 Å². The lowest BCUT2D eigenvalue weighted by Gasteiger charge is -2.18. The van der Waals surface area contributed by atoms with Gasteiger partial charge in [-0.2, -0.15) is 4.99 Å². The number of nitrogens with zero attached hydrogens (tertiary/aromatic N) is 2. The van der Waals surface area contributed by atoms with Crippen LogP contribution >= 0.6 is 23.6 Å². The molecular weight excluding hydrogens is 332 g/mol. The lowest BCUT2D eigenvalue weighted by Crippen LogP contribution is -2.10. The Hall–Kier alpha value is -2.00. The second-order valence-electron chi connectivity index (χ2n) is 6.24. The molecule has 0 saturated carbocycles. The third kappa shape index (κ3) is 2.78. The predicted molar refractivity (Wildman–Crippen MR) is 110 cm³/mol. The number of rotatable bonds is 3. The van der Waals surface area contributed by atoms with Gasteiger partial charge in [-0.05, 0) is 73.4 Å². The van der Waals surface area contributed by atoms with Crippen molar-refractivity contribution in [3.63, 3.8) is 0 Å². The summed E-state index contributed by atoms with van der Waals surface area (Å²) in [7, 11) is 4.21. The number of anilines is 1. The number of thiophene rings is 1. The number of fused-ring (bicyclic) bond motifs is 1. The van der Waals surface area contributed by atoms with Gasteiger partial charge in [-0.15, -0.1) is 11.3 Å². The van der Waals surface area contributed by atoms with Crippen molar-refractivity contribution in [3.8, 4) is 10.4 Å². The van der Waals surface area contributed by atoms with E-state index in [1.807, 2.05) is 23.5 Å². The molecular formula is C20H20N2S2. The fraction of sp³-hybridized carbons (Fsp3) is 0.250. The Labute approximate surface area is 152 Å². The van der Waals surface area contributed by atoms with Crippen molar-refractivity contribution < 1.29 is 0 Å². The van der Waals surface area contributed by atoms with Gasteiger partial charge in [-0.1, -0.05) is 12.1 Å². The molecule has 3 rings (SSSR count). The standard InChI is InChI=1S/C20H20N2S2/c1-12-10-17(22(4)5)13(2)18-14(3)20(24-19(12)18)15-6-8-16(9-7-15)21-11-23/h6-10H,1-5H3. The van der Waals surface area contributed by atoms with E-state index < -0.39 is 0 Å². The molecule has 2 nitrogen and oxygen atoms in total. The molecule has 0 aliphatic heterocycles. The van der Waals surface area contributed by atoms with Crippen molar-refractivity contribution in [2.75, 3.05) is 19.0 Å². The maximum Gasteiger partial charge on any atom is 0.0739 e. The predicted octanol–water partition coefficient (Wildman–Crippen LogP) is 6.29. The number of hydrogen-bond donors (Lipinski definition) is 0. The molecule has 0 N–H and O–H groups in total. The molecule has 0 unspecified atom stereocenters. The SMILES string of the molecule is Cc1cc(N(C)C)c(C)c2c(C)c(-c3ccc(N=C=S)cc3)sc12. The number of isothiocyanates is 1. The Morgan fingerprint density at radius 1 is 1.04 bits per heavy atom. The van der Waals surface area contributed by atoms with Crippen LogP contribution in [0.2, 0.25) is 0 Å². The summed E-state index contributed by atoms with van der Waals surface area (Å²) >= 11 is 6.54. The number of aryl methyl sites for hydroxylation is 3. The molecule has 122 valence electrons. The average Bonchev–Trinajstić information content (AvgIpc) is 2.90. The normalized spacial score (nSPS) is 10.7. The number of aliphatic imine (C=N–C) groups is 1. The second kappa shape index (κ2) is 6.48. The van der Waals surface area contributed by atoms with Crippen LogP contribution in [-0.2, 0) is 0 Å². The van der Waals surface area contributed by atoms with Crippen molar-refractivity contribution in [1.29, 1.82) is 0 Å². The average molecular weight is 353 g/mol. The zero-order valence-corrected chi connectivity index (χ0v) is 16.2. The summed E-state index contributed by atoms with van der Waals surface area (Å²) in [6, 6.07) is 10.5. The van der Waals surface area contributed by atoms with Crippen LogP contribution in [0.1, 0.15) is 16.7 Å². The molecule has 0 amide bonds. The lowest BCUT2D eigenvalue weighted by atomic mass is 10.00. The molecule has 0 atom stereocenters. The van der Waals surface area contributed by atoms with E-state index in [2.05, 4.69) is 80.3 Å². The molecule has 0 saturated heterocycles. The van der Waals surface area contributed by atoms with Gasteiger partial charge in [-0.25, -0.2) is 0 Å². The third-order valence-corrected chi connectivity index (χ3v) is 5.97. The highest BCUT2D eigenvalue weighted by molar-refractivity contribution is 7.78. The highest BCUT2D eigenvalue weighted by atomic mass is 32.1. The van der Waals surface area contributed by atoms with Crippen LogP contribution in [0.25, 0.3) is 20.5 Å². The van der Waals surface area contributed by atoms with E-state index in [0.29, 0.717) is 0 Å². The Bertz CT molecular complexity index is 960. The van der Waals surface area contributed by atoms with E-state index >= 15 is 0 Å². The Morgan fingerprint density at radius 2 is 1.71 bits per heavy atom. The minimum Gasteiger partial charge on any atom is -0.377 e. The van der Waals surface area contributed by atoms with Crippen molar-refractivity contribution in [1.82, 2.24) is 0 Å². The van der Waals surface area contributed by atoms with Gasteiger partial charge < -0.3 is 4.90 Å². The summed E-state index contributed by atoms with van der Waals surface area (Å²) in [4.78, 5) is 7.54. The van der Waals surface area contributed by atoms with Gasteiger partial charge in [-0.3, -0.25) is 0 Å². The summed E-state index contributed by atoms with van der Waals surface area (Å²) in [6.45, 7) is 6.65. The minimum absolute atomic E-state index is 0.842. The molecule has 0 aliphatic rings. The Balaban J connectivity index is 2.23. The molecule has 1 aromatic heterocycles. The molecule has 0 radical (unpaired) electrons. The summed E-state index contributed by atoms with van der Waals surface area (Å²) in [5.41, 5.74) is 7.39. The van der Waals surface area contributed by atoms with Crippen LogP contribution in [0.4, 0.5) is 11.4 Å². The second-order valence-corrected chi connectivity index (χ2v) is 7.45. The summed E-state index contributed by atoms with van der Waals surface area (Å²) in [5, 5.41) is 3.80. The van der Waals surface area contributed by atoms with Crippen molar-refractivity contribution in [2.45, 2.75) is 20.8 Å². The summed E-state index contributed by atoms with van der Waals surface area (Å²) in [5.74, 6) is 0. The smallest absolute Gasteiger partial charge is 0.0739 e. The molecule has 3 aromatic rings. The number of thiocarbonyl (C=S) groups is 1. The van der Waals surface area contributed by atoms with E-state index in [0.717, 1.165) is 5.69 Å². The van der Waals surface area contributed by atoms with E-state index in [1.165, 1.54) is 42.9 Å². The van der Waals surface area contributed by atoms with Crippen molar-refractivity contribution in [3.05, 3.63) is 47.0 Å². The molecule has 24 heavy (non-hydrogen) atoms. The molecule has 0 aliphatic carbocycles. The molecule has 0 fully saturated rings. The number of benzene rings is 2. The first-order chi connectivity index (χ1) is 11.4. The van der Waals surface area contributed by atoms with Crippen LogP contribution in [0.3, 0.4) is 0 Å². The summed E-state index contributed by atoms with van der Waals surface area (Å²) < 4.78 is 1.38. The highest BCUT2D eigenvalue weighted by Gasteiger charge is 2.17. The quantitative estimate of drug-likeness (QED) is 0.406. The van der Waals surface area contributed by atoms with Gasteiger partial charge in [0, 0.05) is 34.7 Å². The zero-order chi connectivity index (χ0) is 17.4. The third-order valence-electron chi connectivity index (χ3n) is 4.40. The van der Waals surface area contributed by atoms with Gasteiger partial charge >= 0.3 is 0 Å². The van der Waals surface area contributed by atoms with Gasteiger partial charge in [0.05, 0.1) is 10.8 Å². The van der Waals surface area contributed by atoms with Gasteiger partial charge in [0.15, 0.2) is 0 Å². The zero-order valence-electron chi connectivity index (χ0n) is 14.6. The Morgan fingerprint density at radius 3 is 2.29 bits per heavy atom. The van der Waals surface area contributed by atoms with Gasteiger partial charge in [0.25, 0.3) is 0 Å². The maximum atomic E-state index is 4.67. The summed E-state index contributed by atoms with van der Waals surface area (Å²) in [6.07, 6.45) is 0. The fourth-order valence-electron chi connectivity index (χ4n) is 3.23. The largest absolute Gasteiger partial charge is 0.377 e. The number of hydrogen-bond acceptors (Lipinski definition) is 4. The fourth-order valence-corrected chi connectivity index (χ4v) is 4.68. The maximum absolute atomic E-state index is 4.67. The van der Waals surface area contributed by atoms with E-state index in [-0.39, 0.29) is 0 Å². The first-order valence-corrected chi connectivity index (χ1v) is 9.05. The van der Waals surface area contributed by atoms with Gasteiger partial charge in [0.1, 0.15) is 0 Å². The monoisotopic (exact) mass is 352 g/mol. The van der Waals surface area contributed by atoms with Crippen LogP contribution in [0, 0.1) is 20.8 Å². The minimum atomic E-state index is 0.842. The van der Waals surface area contributed by atoms with E-state index in [4.69, 9.17) is 0 Å². The molecule has 1 heterocycles.